The Hall–Kier alpha value is -1.06. The molecule has 0 aliphatic heterocycles. The molecule has 0 heterocycles. The van der Waals surface area contributed by atoms with E-state index in [-0.39, 0.29) is 12.4 Å². The Kier molecular flexibility index (Phi) is 6.76. The zero-order valence-electron chi connectivity index (χ0n) is 11.2. The predicted octanol–water partition coefficient (Wildman–Crippen LogP) is 3.00. The van der Waals surface area contributed by atoms with E-state index in [9.17, 15) is 9.59 Å². The summed E-state index contributed by atoms with van der Waals surface area (Å²) >= 11 is 0. The monoisotopic (exact) mass is 256 g/mol. The van der Waals surface area contributed by atoms with E-state index in [0.29, 0.717) is 18.9 Å². The van der Waals surface area contributed by atoms with Crippen molar-refractivity contribution in [2.24, 2.45) is 11.8 Å². The van der Waals surface area contributed by atoms with Crippen molar-refractivity contribution in [3.63, 3.8) is 0 Å². The maximum atomic E-state index is 11.7. The van der Waals surface area contributed by atoms with Crippen molar-refractivity contribution in [3.8, 4) is 0 Å². The molecule has 1 unspecified atom stereocenters. The van der Waals surface area contributed by atoms with Gasteiger partial charge in [-0.05, 0) is 25.7 Å². The van der Waals surface area contributed by atoms with E-state index in [1.54, 1.807) is 6.92 Å². The normalized spacial score (nSPS) is 18.3. The van der Waals surface area contributed by atoms with Gasteiger partial charge in [-0.3, -0.25) is 9.59 Å². The highest BCUT2D eigenvalue weighted by molar-refractivity contribution is 5.79. The van der Waals surface area contributed by atoms with Crippen LogP contribution in [0.25, 0.3) is 0 Å². The molecule has 1 N–H and O–H groups in total. The van der Waals surface area contributed by atoms with Crippen LogP contribution < -0.4 is 0 Å². The van der Waals surface area contributed by atoms with Gasteiger partial charge in [0.2, 0.25) is 0 Å². The maximum Gasteiger partial charge on any atom is 0.309 e. The van der Waals surface area contributed by atoms with Crippen molar-refractivity contribution >= 4 is 11.9 Å². The minimum absolute atomic E-state index is 0.106. The summed E-state index contributed by atoms with van der Waals surface area (Å²) in [5, 5.41) is 8.83. The fourth-order valence-electron chi connectivity index (χ4n) is 2.69. The van der Waals surface area contributed by atoms with Gasteiger partial charge in [0.1, 0.15) is 0 Å². The molecule has 0 bridgehead atoms. The molecule has 18 heavy (non-hydrogen) atoms. The van der Waals surface area contributed by atoms with E-state index >= 15 is 0 Å². The van der Waals surface area contributed by atoms with Gasteiger partial charge < -0.3 is 9.84 Å². The molecule has 4 nitrogen and oxygen atoms in total. The average molecular weight is 256 g/mol. The number of carboxylic acids is 1. The Morgan fingerprint density at radius 3 is 2.50 bits per heavy atom. The molecular weight excluding hydrogens is 232 g/mol. The van der Waals surface area contributed by atoms with Gasteiger partial charge in [0.15, 0.2) is 0 Å². The summed E-state index contributed by atoms with van der Waals surface area (Å²) in [7, 11) is 0. The maximum absolute atomic E-state index is 11.7. The summed E-state index contributed by atoms with van der Waals surface area (Å²) in [6.07, 6.45) is 7.80. The highest BCUT2D eigenvalue weighted by Gasteiger charge is 2.24. The molecule has 4 heteroatoms. The van der Waals surface area contributed by atoms with Crippen LogP contribution in [0.1, 0.15) is 58.3 Å². The van der Waals surface area contributed by atoms with Crippen LogP contribution in [-0.4, -0.2) is 23.7 Å². The molecule has 0 spiro atoms. The first kappa shape index (κ1) is 15.0. The summed E-state index contributed by atoms with van der Waals surface area (Å²) in [5.74, 6) is -1.07. The number of hydrogen-bond donors (Lipinski definition) is 1. The average Bonchev–Trinajstić information content (AvgIpc) is 2.35. The molecule has 0 amide bonds. The molecule has 0 aromatic heterocycles. The molecule has 1 fully saturated rings. The van der Waals surface area contributed by atoms with Gasteiger partial charge in [-0.15, -0.1) is 0 Å². The Bertz CT molecular complexity index is 269. The number of esters is 1. The first-order valence-electron chi connectivity index (χ1n) is 7.02. The SMILES string of the molecule is CCOC(=O)C(CCC1CCCCC1)CC(=O)O. The van der Waals surface area contributed by atoms with Crippen LogP contribution in [-0.2, 0) is 14.3 Å². The van der Waals surface area contributed by atoms with Gasteiger partial charge in [0.25, 0.3) is 0 Å². The van der Waals surface area contributed by atoms with E-state index in [1.165, 1.54) is 32.1 Å². The van der Waals surface area contributed by atoms with Crippen molar-refractivity contribution < 1.29 is 19.4 Å². The van der Waals surface area contributed by atoms with Crippen molar-refractivity contribution in [1.29, 1.82) is 0 Å². The number of carboxylic acid groups (broad SMARTS) is 1. The first-order valence-corrected chi connectivity index (χ1v) is 7.02. The highest BCUT2D eigenvalue weighted by atomic mass is 16.5. The highest BCUT2D eigenvalue weighted by Crippen LogP contribution is 2.29. The molecule has 1 aliphatic rings. The van der Waals surface area contributed by atoms with Crippen LogP contribution in [0.3, 0.4) is 0 Å². The second kappa shape index (κ2) is 8.11. The molecule has 1 aliphatic carbocycles. The Morgan fingerprint density at radius 2 is 1.94 bits per heavy atom. The summed E-state index contributed by atoms with van der Waals surface area (Å²) in [6, 6.07) is 0. The molecule has 0 saturated heterocycles. The molecule has 1 rings (SSSR count). The fourth-order valence-corrected chi connectivity index (χ4v) is 2.69. The van der Waals surface area contributed by atoms with E-state index < -0.39 is 11.9 Å². The molecule has 1 saturated carbocycles. The van der Waals surface area contributed by atoms with Crippen LogP contribution in [0.5, 0.6) is 0 Å². The number of ether oxygens (including phenoxy) is 1. The van der Waals surface area contributed by atoms with Gasteiger partial charge in [0, 0.05) is 0 Å². The van der Waals surface area contributed by atoms with E-state index in [2.05, 4.69) is 0 Å². The molecular formula is C14H24O4. The third-order valence-corrected chi connectivity index (χ3v) is 3.69. The second-order valence-corrected chi connectivity index (χ2v) is 5.13. The van der Waals surface area contributed by atoms with Crippen LogP contribution in [0, 0.1) is 11.8 Å². The number of carbonyl (C=O) groups excluding carboxylic acids is 1. The van der Waals surface area contributed by atoms with Gasteiger partial charge in [-0.25, -0.2) is 0 Å². The lowest BCUT2D eigenvalue weighted by Gasteiger charge is -2.23. The van der Waals surface area contributed by atoms with Crippen molar-refractivity contribution in [1.82, 2.24) is 0 Å². The van der Waals surface area contributed by atoms with Gasteiger partial charge in [-0.1, -0.05) is 32.1 Å². The Labute approximate surface area is 109 Å². The number of rotatable bonds is 7. The lowest BCUT2D eigenvalue weighted by molar-refractivity contribution is -0.153. The summed E-state index contributed by atoms with van der Waals surface area (Å²) < 4.78 is 4.94. The van der Waals surface area contributed by atoms with Crippen LogP contribution >= 0.6 is 0 Å². The van der Waals surface area contributed by atoms with Crippen molar-refractivity contribution in [3.05, 3.63) is 0 Å². The quantitative estimate of drug-likeness (QED) is 0.711. The van der Waals surface area contributed by atoms with E-state index in [0.717, 1.165) is 6.42 Å². The zero-order valence-corrected chi connectivity index (χ0v) is 11.2. The van der Waals surface area contributed by atoms with Crippen LogP contribution in [0.15, 0.2) is 0 Å². The van der Waals surface area contributed by atoms with E-state index in [4.69, 9.17) is 9.84 Å². The van der Waals surface area contributed by atoms with Gasteiger partial charge in [-0.2, -0.15) is 0 Å². The number of aliphatic carboxylic acids is 1. The largest absolute Gasteiger partial charge is 0.481 e. The van der Waals surface area contributed by atoms with E-state index in [1.807, 2.05) is 0 Å². The minimum Gasteiger partial charge on any atom is -0.481 e. The Morgan fingerprint density at radius 1 is 1.28 bits per heavy atom. The molecule has 0 aromatic carbocycles. The lowest BCUT2D eigenvalue weighted by atomic mass is 9.83. The summed E-state index contributed by atoms with van der Waals surface area (Å²) in [5.41, 5.74) is 0. The smallest absolute Gasteiger partial charge is 0.309 e. The standard InChI is InChI=1S/C14H24O4/c1-2-18-14(17)12(10-13(15)16)9-8-11-6-4-3-5-7-11/h11-12H,2-10H2,1H3,(H,15,16). The summed E-state index contributed by atoms with van der Waals surface area (Å²) in [4.78, 5) is 22.4. The van der Waals surface area contributed by atoms with Crippen LogP contribution in [0.2, 0.25) is 0 Å². The topological polar surface area (TPSA) is 63.6 Å². The lowest BCUT2D eigenvalue weighted by Crippen LogP contribution is -2.22. The minimum atomic E-state index is -0.920. The molecule has 0 radical (unpaired) electrons. The molecule has 1 atom stereocenters. The predicted molar refractivity (Wildman–Crippen MR) is 68.2 cm³/mol. The van der Waals surface area contributed by atoms with Crippen molar-refractivity contribution in [2.45, 2.75) is 58.3 Å². The van der Waals surface area contributed by atoms with Crippen LogP contribution in [0.4, 0.5) is 0 Å². The fraction of sp³-hybridized carbons (Fsp3) is 0.857. The Balaban J connectivity index is 2.39. The third-order valence-electron chi connectivity index (χ3n) is 3.69. The number of hydrogen-bond acceptors (Lipinski definition) is 3. The van der Waals surface area contributed by atoms with Crippen molar-refractivity contribution in [2.75, 3.05) is 6.61 Å². The van der Waals surface area contributed by atoms with Gasteiger partial charge in [0.05, 0.1) is 18.9 Å². The first-order chi connectivity index (χ1) is 8.63. The second-order valence-electron chi connectivity index (χ2n) is 5.13. The molecule has 0 aromatic rings. The zero-order chi connectivity index (χ0) is 13.4. The summed E-state index contributed by atoms with van der Waals surface area (Å²) in [6.45, 7) is 2.06. The third kappa shape index (κ3) is 5.52. The number of carbonyl (C=O) groups is 2. The van der Waals surface area contributed by atoms with Gasteiger partial charge >= 0.3 is 11.9 Å². The molecule has 104 valence electrons.